The third-order valence-corrected chi connectivity index (χ3v) is 3.25. The summed E-state index contributed by atoms with van der Waals surface area (Å²) in [5, 5.41) is 2.88. The Labute approximate surface area is 130 Å². The number of carbonyl (C=O) groups is 1. The van der Waals surface area contributed by atoms with Crippen LogP contribution in [0.1, 0.15) is 11.1 Å². The zero-order chi connectivity index (χ0) is 15.9. The van der Waals surface area contributed by atoms with Crippen LogP contribution in [0, 0.1) is 0 Å². The van der Waals surface area contributed by atoms with Gasteiger partial charge in [-0.1, -0.05) is 18.2 Å². The van der Waals surface area contributed by atoms with Gasteiger partial charge in [-0.3, -0.25) is 4.79 Å². The zero-order valence-electron chi connectivity index (χ0n) is 12.8. The minimum Gasteiger partial charge on any atom is -0.493 e. The summed E-state index contributed by atoms with van der Waals surface area (Å²) in [5.74, 6) is 1.25. The fourth-order valence-electron chi connectivity index (χ4n) is 2.14. The molecule has 0 spiro atoms. The minimum absolute atomic E-state index is 0.0552. The monoisotopic (exact) mass is 300 g/mol. The molecule has 116 valence electrons. The van der Waals surface area contributed by atoms with Gasteiger partial charge in [0.05, 0.1) is 20.6 Å². The maximum Gasteiger partial charge on any atom is 0.224 e. The molecule has 0 bridgehead atoms. The van der Waals surface area contributed by atoms with Crippen molar-refractivity contribution in [3.8, 4) is 11.5 Å². The van der Waals surface area contributed by atoms with Crippen LogP contribution in [0.3, 0.4) is 0 Å². The Morgan fingerprint density at radius 2 is 1.82 bits per heavy atom. The molecule has 2 aromatic carbocycles. The van der Waals surface area contributed by atoms with Gasteiger partial charge in [0.25, 0.3) is 0 Å². The van der Waals surface area contributed by atoms with Crippen molar-refractivity contribution in [2.24, 2.45) is 0 Å². The molecular formula is C17H20N2O3. The van der Waals surface area contributed by atoms with E-state index in [9.17, 15) is 4.79 Å². The lowest BCUT2D eigenvalue weighted by Crippen LogP contribution is -2.24. The number of carbonyl (C=O) groups excluding carboxylic acids is 1. The molecule has 0 fully saturated rings. The first-order valence-electron chi connectivity index (χ1n) is 6.94. The zero-order valence-corrected chi connectivity index (χ0v) is 12.8. The van der Waals surface area contributed by atoms with Crippen LogP contribution in [0.4, 0.5) is 5.69 Å². The van der Waals surface area contributed by atoms with Crippen LogP contribution >= 0.6 is 0 Å². The first-order valence-corrected chi connectivity index (χ1v) is 6.94. The Bertz CT molecular complexity index is 656. The Hall–Kier alpha value is -2.69. The molecule has 3 N–H and O–H groups in total. The van der Waals surface area contributed by atoms with Crippen LogP contribution in [-0.4, -0.2) is 20.1 Å². The van der Waals surface area contributed by atoms with Crippen molar-refractivity contribution in [3.63, 3.8) is 0 Å². The predicted octanol–water partition coefficient (Wildman–Crippen LogP) is 2.14. The Morgan fingerprint density at radius 3 is 2.50 bits per heavy atom. The van der Waals surface area contributed by atoms with Crippen molar-refractivity contribution in [1.29, 1.82) is 0 Å². The normalized spacial score (nSPS) is 10.1. The van der Waals surface area contributed by atoms with E-state index in [0.29, 0.717) is 30.2 Å². The third-order valence-electron chi connectivity index (χ3n) is 3.25. The molecule has 0 aliphatic heterocycles. The summed E-state index contributed by atoms with van der Waals surface area (Å²) < 4.78 is 10.4. The van der Waals surface area contributed by atoms with Gasteiger partial charge in [-0.25, -0.2) is 0 Å². The van der Waals surface area contributed by atoms with Gasteiger partial charge in [0.1, 0.15) is 0 Å². The summed E-state index contributed by atoms with van der Waals surface area (Å²) >= 11 is 0. The first-order chi connectivity index (χ1) is 10.6. The summed E-state index contributed by atoms with van der Waals surface area (Å²) in [6, 6.07) is 12.9. The highest BCUT2D eigenvalue weighted by atomic mass is 16.5. The summed E-state index contributed by atoms with van der Waals surface area (Å²) in [5.41, 5.74) is 8.20. The predicted molar refractivity (Wildman–Crippen MR) is 86.0 cm³/mol. The molecule has 1 amide bonds. The molecule has 5 nitrogen and oxygen atoms in total. The van der Waals surface area contributed by atoms with E-state index in [4.69, 9.17) is 15.2 Å². The molecule has 2 aromatic rings. The van der Waals surface area contributed by atoms with Crippen LogP contribution in [-0.2, 0) is 17.8 Å². The van der Waals surface area contributed by atoms with Crippen molar-refractivity contribution in [1.82, 2.24) is 5.32 Å². The molecule has 2 rings (SSSR count). The smallest absolute Gasteiger partial charge is 0.224 e. The molecule has 0 radical (unpaired) electrons. The van der Waals surface area contributed by atoms with Gasteiger partial charge in [-0.15, -0.1) is 0 Å². The van der Waals surface area contributed by atoms with Crippen molar-refractivity contribution in [2.45, 2.75) is 13.0 Å². The fraction of sp³-hybridized carbons (Fsp3) is 0.235. The van der Waals surface area contributed by atoms with Crippen molar-refractivity contribution in [2.75, 3.05) is 20.0 Å². The Kier molecular flexibility index (Phi) is 5.25. The minimum atomic E-state index is -0.0552. The maximum absolute atomic E-state index is 12.0. The van der Waals surface area contributed by atoms with E-state index in [2.05, 4.69) is 5.32 Å². The van der Waals surface area contributed by atoms with E-state index in [1.54, 1.807) is 26.4 Å². The van der Waals surface area contributed by atoms with Gasteiger partial charge >= 0.3 is 0 Å². The number of ether oxygens (including phenoxy) is 2. The second kappa shape index (κ2) is 7.36. The second-order valence-electron chi connectivity index (χ2n) is 4.89. The Balaban J connectivity index is 1.93. The highest BCUT2D eigenvalue weighted by Gasteiger charge is 2.07. The fourth-order valence-corrected chi connectivity index (χ4v) is 2.14. The van der Waals surface area contributed by atoms with Gasteiger partial charge < -0.3 is 20.5 Å². The Morgan fingerprint density at radius 1 is 1.05 bits per heavy atom. The van der Waals surface area contributed by atoms with E-state index >= 15 is 0 Å². The molecule has 0 aliphatic rings. The van der Waals surface area contributed by atoms with Gasteiger partial charge in [-0.2, -0.15) is 0 Å². The van der Waals surface area contributed by atoms with Crippen LogP contribution in [0.25, 0.3) is 0 Å². The number of methoxy groups -OCH3 is 2. The molecule has 0 aromatic heterocycles. The number of anilines is 1. The van der Waals surface area contributed by atoms with E-state index in [1.807, 2.05) is 30.3 Å². The number of nitrogens with two attached hydrogens (primary N) is 1. The number of amides is 1. The molecule has 0 atom stereocenters. The molecule has 0 unspecified atom stereocenters. The average molecular weight is 300 g/mol. The largest absolute Gasteiger partial charge is 0.493 e. The van der Waals surface area contributed by atoms with Crippen LogP contribution in [0.5, 0.6) is 11.5 Å². The molecule has 0 aliphatic carbocycles. The maximum atomic E-state index is 12.0. The van der Waals surface area contributed by atoms with Gasteiger partial charge in [-0.05, 0) is 35.4 Å². The van der Waals surface area contributed by atoms with Gasteiger partial charge in [0.2, 0.25) is 5.91 Å². The van der Waals surface area contributed by atoms with Crippen LogP contribution < -0.4 is 20.5 Å². The first kappa shape index (κ1) is 15.7. The number of nitrogens with one attached hydrogen (secondary N) is 1. The molecule has 0 heterocycles. The summed E-state index contributed by atoms with van der Waals surface area (Å²) in [6.07, 6.45) is 0.304. The van der Waals surface area contributed by atoms with E-state index in [0.717, 1.165) is 11.1 Å². The molecule has 0 saturated heterocycles. The number of hydrogen-bond donors (Lipinski definition) is 2. The number of hydrogen-bond acceptors (Lipinski definition) is 4. The molecule has 22 heavy (non-hydrogen) atoms. The topological polar surface area (TPSA) is 73.6 Å². The van der Waals surface area contributed by atoms with Gasteiger partial charge in [0, 0.05) is 12.2 Å². The number of rotatable bonds is 6. The van der Waals surface area contributed by atoms with Crippen LogP contribution in [0.15, 0.2) is 42.5 Å². The number of benzene rings is 2. The molecule has 0 saturated carbocycles. The van der Waals surface area contributed by atoms with Crippen molar-refractivity contribution in [3.05, 3.63) is 53.6 Å². The van der Waals surface area contributed by atoms with E-state index in [1.165, 1.54) is 0 Å². The standard InChI is InChI=1S/C17H20N2O3/c1-21-15-7-6-13(9-16(15)22-2)11-19-17(20)10-12-4-3-5-14(18)8-12/h3-9H,10-11,18H2,1-2H3,(H,19,20). The highest BCUT2D eigenvalue weighted by molar-refractivity contribution is 5.78. The summed E-state index contributed by atoms with van der Waals surface area (Å²) in [4.78, 5) is 12.0. The van der Waals surface area contributed by atoms with Crippen molar-refractivity contribution < 1.29 is 14.3 Å². The van der Waals surface area contributed by atoms with E-state index in [-0.39, 0.29) is 5.91 Å². The van der Waals surface area contributed by atoms with Gasteiger partial charge in [0.15, 0.2) is 11.5 Å². The lowest BCUT2D eigenvalue weighted by Gasteiger charge is -2.10. The average Bonchev–Trinajstić information content (AvgIpc) is 2.52. The summed E-state index contributed by atoms with van der Waals surface area (Å²) in [6.45, 7) is 0.432. The van der Waals surface area contributed by atoms with Crippen molar-refractivity contribution >= 4 is 11.6 Å². The lowest BCUT2D eigenvalue weighted by atomic mass is 10.1. The van der Waals surface area contributed by atoms with Crippen LogP contribution in [0.2, 0.25) is 0 Å². The summed E-state index contributed by atoms with van der Waals surface area (Å²) in [7, 11) is 3.17. The quantitative estimate of drug-likeness (QED) is 0.802. The molecule has 5 heteroatoms. The molecular weight excluding hydrogens is 280 g/mol. The third kappa shape index (κ3) is 4.15. The van der Waals surface area contributed by atoms with E-state index < -0.39 is 0 Å². The highest BCUT2D eigenvalue weighted by Crippen LogP contribution is 2.27. The second-order valence-corrected chi connectivity index (χ2v) is 4.89. The SMILES string of the molecule is COc1ccc(CNC(=O)Cc2cccc(N)c2)cc1OC. The number of nitrogen functional groups attached to an aromatic ring is 1. The lowest BCUT2D eigenvalue weighted by molar-refractivity contribution is -0.120.